The van der Waals surface area contributed by atoms with Gasteiger partial charge in [-0.25, -0.2) is 4.98 Å². The van der Waals surface area contributed by atoms with Crippen LogP contribution in [-0.4, -0.2) is 27.1 Å². The molecule has 0 radical (unpaired) electrons. The Morgan fingerprint density at radius 1 is 1.71 bits per heavy atom. The monoisotopic (exact) mass is 197 g/mol. The van der Waals surface area contributed by atoms with Gasteiger partial charge in [0.2, 0.25) is 5.91 Å². The molecule has 0 saturated heterocycles. The Morgan fingerprint density at radius 2 is 2.43 bits per heavy atom. The summed E-state index contributed by atoms with van der Waals surface area (Å²) in [5.74, 6) is 0.579. The molecule has 0 spiro atoms. The van der Waals surface area contributed by atoms with Crippen molar-refractivity contribution in [1.29, 1.82) is 0 Å². The zero-order valence-corrected chi connectivity index (χ0v) is 8.32. The van der Waals surface area contributed by atoms with E-state index in [1.807, 2.05) is 13.8 Å². The molecule has 6 nitrogen and oxygen atoms in total. The Labute approximate surface area is 82.3 Å². The first-order valence-electron chi connectivity index (χ1n) is 4.48. The standard InChI is InChI=1S/C8H15N5O/c1-5(2)7(9)8(14)10-3-6-11-4-12-13-6/h4-5,7H,3,9H2,1-2H3,(H,10,14)(H,11,12,13). The van der Waals surface area contributed by atoms with Gasteiger partial charge in [0, 0.05) is 0 Å². The van der Waals surface area contributed by atoms with Crippen molar-refractivity contribution in [1.82, 2.24) is 20.5 Å². The number of hydrogen-bond donors (Lipinski definition) is 3. The first-order chi connectivity index (χ1) is 6.61. The summed E-state index contributed by atoms with van der Waals surface area (Å²) in [4.78, 5) is 15.3. The molecule has 0 aromatic carbocycles. The van der Waals surface area contributed by atoms with Crippen molar-refractivity contribution < 1.29 is 4.79 Å². The van der Waals surface area contributed by atoms with E-state index in [1.54, 1.807) is 0 Å². The van der Waals surface area contributed by atoms with Gasteiger partial charge in [0.1, 0.15) is 12.2 Å². The third-order valence-corrected chi connectivity index (χ3v) is 1.92. The van der Waals surface area contributed by atoms with Crippen LogP contribution in [0.2, 0.25) is 0 Å². The molecule has 6 heteroatoms. The second kappa shape index (κ2) is 4.71. The largest absolute Gasteiger partial charge is 0.347 e. The molecule has 4 N–H and O–H groups in total. The average molecular weight is 197 g/mol. The average Bonchev–Trinajstić information content (AvgIpc) is 2.65. The van der Waals surface area contributed by atoms with E-state index < -0.39 is 6.04 Å². The molecule has 0 aliphatic rings. The molecule has 78 valence electrons. The zero-order chi connectivity index (χ0) is 10.6. The summed E-state index contributed by atoms with van der Waals surface area (Å²) >= 11 is 0. The number of rotatable bonds is 4. The summed E-state index contributed by atoms with van der Waals surface area (Å²) in [6, 6.07) is -0.474. The summed E-state index contributed by atoms with van der Waals surface area (Å²) in [5, 5.41) is 8.97. The van der Waals surface area contributed by atoms with Crippen LogP contribution in [0.25, 0.3) is 0 Å². The zero-order valence-electron chi connectivity index (χ0n) is 8.32. The van der Waals surface area contributed by atoms with E-state index >= 15 is 0 Å². The van der Waals surface area contributed by atoms with Crippen LogP contribution in [0.15, 0.2) is 6.33 Å². The minimum atomic E-state index is -0.474. The number of H-pyrrole nitrogens is 1. The molecule has 14 heavy (non-hydrogen) atoms. The van der Waals surface area contributed by atoms with E-state index in [2.05, 4.69) is 20.5 Å². The first-order valence-corrected chi connectivity index (χ1v) is 4.48. The molecular weight excluding hydrogens is 182 g/mol. The molecule has 1 heterocycles. The maximum Gasteiger partial charge on any atom is 0.237 e. The van der Waals surface area contributed by atoms with E-state index in [1.165, 1.54) is 6.33 Å². The number of nitrogens with one attached hydrogen (secondary N) is 2. The molecule has 0 aliphatic carbocycles. The van der Waals surface area contributed by atoms with Gasteiger partial charge in [-0.05, 0) is 5.92 Å². The Bertz CT molecular complexity index is 282. The number of nitrogens with two attached hydrogens (primary N) is 1. The third kappa shape index (κ3) is 2.81. The summed E-state index contributed by atoms with van der Waals surface area (Å²) in [7, 11) is 0. The molecule has 1 atom stereocenters. The lowest BCUT2D eigenvalue weighted by atomic mass is 10.1. The number of aromatic nitrogens is 3. The van der Waals surface area contributed by atoms with Crippen molar-refractivity contribution in [2.45, 2.75) is 26.4 Å². The van der Waals surface area contributed by atoms with Crippen LogP contribution in [0.1, 0.15) is 19.7 Å². The molecule has 0 bridgehead atoms. The Balaban J connectivity index is 2.35. The van der Waals surface area contributed by atoms with Gasteiger partial charge >= 0.3 is 0 Å². The summed E-state index contributed by atoms with van der Waals surface area (Å²) in [5.41, 5.74) is 5.64. The van der Waals surface area contributed by atoms with Gasteiger partial charge in [0.15, 0.2) is 0 Å². The van der Waals surface area contributed by atoms with E-state index in [0.29, 0.717) is 12.4 Å². The SMILES string of the molecule is CC(C)C(N)C(=O)NCc1ncn[nH]1. The number of hydrogen-bond acceptors (Lipinski definition) is 4. The molecule has 1 unspecified atom stereocenters. The van der Waals surface area contributed by atoms with E-state index in [0.717, 1.165) is 0 Å². The molecule has 1 aromatic rings. The van der Waals surface area contributed by atoms with Crippen LogP contribution in [-0.2, 0) is 11.3 Å². The highest BCUT2D eigenvalue weighted by atomic mass is 16.2. The minimum absolute atomic E-state index is 0.129. The fourth-order valence-electron chi connectivity index (χ4n) is 0.907. The molecule has 1 rings (SSSR count). The lowest BCUT2D eigenvalue weighted by Gasteiger charge is -2.14. The van der Waals surface area contributed by atoms with Crippen LogP contribution < -0.4 is 11.1 Å². The molecule has 0 saturated carbocycles. The summed E-state index contributed by atoms with van der Waals surface area (Å²) in [6.07, 6.45) is 1.39. The van der Waals surface area contributed by atoms with Crippen molar-refractivity contribution in [2.24, 2.45) is 11.7 Å². The van der Waals surface area contributed by atoms with Crippen LogP contribution in [0, 0.1) is 5.92 Å². The van der Waals surface area contributed by atoms with Gasteiger partial charge in [0.25, 0.3) is 0 Å². The van der Waals surface area contributed by atoms with Gasteiger partial charge in [-0.15, -0.1) is 0 Å². The van der Waals surface area contributed by atoms with Crippen molar-refractivity contribution in [3.8, 4) is 0 Å². The molecule has 0 fully saturated rings. The van der Waals surface area contributed by atoms with E-state index in [-0.39, 0.29) is 11.8 Å². The lowest BCUT2D eigenvalue weighted by Crippen LogP contribution is -2.43. The topological polar surface area (TPSA) is 96.7 Å². The predicted octanol–water partition coefficient (Wildman–Crippen LogP) is -0.596. The number of amides is 1. The van der Waals surface area contributed by atoms with Gasteiger partial charge in [-0.2, -0.15) is 5.10 Å². The minimum Gasteiger partial charge on any atom is -0.347 e. The molecular formula is C8H15N5O. The summed E-state index contributed by atoms with van der Waals surface area (Å²) < 4.78 is 0. The highest BCUT2D eigenvalue weighted by Gasteiger charge is 2.16. The Morgan fingerprint density at radius 3 is 2.93 bits per heavy atom. The van der Waals surface area contributed by atoms with Crippen molar-refractivity contribution in [3.63, 3.8) is 0 Å². The van der Waals surface area contributed by atoms with Gasteiger partial charge in [-0.1, -0.05) is 13.8 Å². The number of aromatic amines is 1. The second-order valence-electron chi connectivity index (χ2n) is 3.42. The summed E-state index contributed by atoms with van der Waals surface area (Å²) in [6.45, 7) is 4.14. The quantitative estimate of drug-likeness (QED) is 0.600. The first kappa shape index (κ1) is 10.6. The van der Waals surface area contributed by atoms with E-state index in [9.17, 15) is 4.79 Å². The smallest absolute Gasteiger partial charge is 0.237 e. The van der Waals surface area contributed by atoms with Crippen LogP contribution >= 0.6 is 0 Å². The van der Waals surface area contributed by atoms with Crippen molar-refractivity contribution in [3.05, 3.63) is 12.2 Å². The fraction of sp³-hybridized carbons (Fsp3) is 0.625. The van der Waals surface area contributed by atoms with Crippen LogP contribution in [0.5, 0.6) is 0 Å². The van der Waals surface area contributed by atoms with Crippen LogP contribution in [0.3, 0.4) is 0 Å². The van der Waals surface area contributed by atoms with Gasteiger partial charge in [0.05, 0.1) is 12.6 Å². The van der Waals surface area contributed by atoms with Crippen LogP contribution in [0.4, 0.5) is 0 Å². The van der Waals surface area contributed by atoms with Crippen molar-refractivity contribution in [2.75, 3.05) is 0 Å². The maximum atomic E-state index is 11.4. The van der Waals surface area contributed by atoms with Gasteiger partial charge < -0.3 is 11.1 Å². The molecule has 1 amide bonds. The third-order valence-electron chi connectivity index (χ3n) is 1.92. The number of nitrogens with zero attached hydrogens (tertiary/aromatic N) is 2. The molecule has 1 aromatic heterocycles. The van der Waals surface area contributed by atoms with E-state index in [4.69, 9.17) is 5.73 Å². The number of carbonyl (C=O) groups is 1. The molecule has 0 aliphatic heterocycles. The second-order valence-corrected chi connectivity index (χ2v) is 3.42. The highest BCUT2D eigenvalue weighted by Crippen LogP contribution is 1.98. The maximum absolute atomic E-state index is 11.4. The number of carbonyl (C=O) groups excluding carboxylic acids is 1. The lowest BCUT2D eigenvalue weighted by molar-refractivity contribution is -0.123. The van der Waals surface area contributed by atoms with Gasteiger partial charge in [-0.3, -0.25) is 9.89 Å². The predicted molar refractivity (Wildman–Crippen MR) is 51.0 cm³/mol. The Kier molecular flexibility index (Phi) is 3.58. The Hall–Kier alpha value is -1.43. The fourth-order valence-corrected chi connectivity index (χ4v) is 0.907. The normalized spacial score (nSPS) is 12.9. The van der Waals surface area contributed by atoms with Crippen molar-refractivity contribution >= 4 is 5.91 Å². The highest BCUT2D eigenvalue weighted by molar-refractivity contribution is 5.81.